The van der Waals surface area contributed by atoms with Gasteiger partial charge in [0.25, 0.3) is 0 Å². The van der Waals surface area contributed by atoms with Gasteiger partial charge in [-0.25, -0.2) is 4.79 Å². The molecule has 94 valence electrons. The van der Waals surface area contributed by atoms with Crippen LogP contribution in [0.1, 0.15) is 17.3 Å². The highest BCUT2D eigenvalue weighted by molar-refractivity contribution is 6.03. The Hall–Kier alpha value is -2.43. The van der Waals surface area contributed by atoms with Crippen molar-refractivity contribution in [1.29, 1.82) is 0 Å². The lowest BCUT2D eigenvalue weighted by atomic mass is 10.1. The molecule has 0 radical (unpaired) electrons. The molecule has 5 nitrogen and oxygen atoms in total. The van der Waals surface area contributed by atoms with Crippen LogP contribution in [0.15, 0.2) is 36.4 Å². The highest BCUT2D eigenvalue weighted by atomic mass is 16.5. The van der Waals surface area contributed by atoms with Crippen LogP contribution in [0.25, 0.3) is 0 Å². The van der Waals surface area contributed by atoms with Crippen molar-refractivity contribution in [3.8, 4) is 0 Å². The fourth-order valence-corrected chi connectivity index (χ4v) is 1.21. The molecule has 0 unspecified atom stereocenters. The predicted molar refractivity (Wildman–Crippen MR) is 66.2 cm³/mol. The normalized spacial score (nSPS) is 10.1. The first-order valence-corrected chi connectivity index (χ1v) is 5.21. The fourth-order valence-electron chi connectivity index (χ4n) is 1.21. The summed E-state index contributed by atoms with van der Waals surface area (Å²) in [7, 11) is 1.22. The molecule has 0 aliphatic rings. The van der Waals surface area contributed by atoms with Gasteiger partial charge in [-0.2, -0.15) is 0 Å². The monoisotopic (exact) mass is 247 g/mol. The maximum absolute atomic E-state index is 11.4. The summed E-state index contributed by atoms with van der Waals surface area (Å²) in [5, 5.41) is 2.53. The number of hydrogen-bond donors (Lipinski definition) is 1. The topological polar surface area (TPSA) is 72.5 Å². The van der Waals surface area contributed by atoms with Gasteiger partial charge in [-0.1, -0.05) is 12.1 Å². The molecule has 5 heteroatoms. The summed E-state index contributed by atoms with van der Waals surface area (Å²) in [5.74, 6) is -1.17. The van der Waals surface area contributed by atoms with E-state index >= 15 is 0 Å². The summed E-state index contributed by atoms with van der Waals surface area (Å²) in [6, 6.07) is 6.53. The molecule has 18 heavy (non-hydrogen) atoms. The number of ketones is 1. The van der Waals surface area contributed by atoms with Gasteiger partial charge in [-0.3, -0.25) is 9.59 Å². The second-order valence-corrected chi connectivity index (χ2v) is 3.48. The number of benzene rings is 1. The van der Waals surface area contributed by atoms with Crippen LogP contribution >= 0.6 is 0 Å². The van der Waals surface area contributed by atoms with E-state index in [1.54, 1.807) is 24.3 Å². The van der Waals surface area contributed by atoms with Crippen LogP contribution in [0.2, 0.25) is 0 Å². The van der Waals surface area contributed by atoms with Gasteiger partial charge in [0.15, 0.2) is 5.78 Å². The van der Waals surface area contributed by atoms with E-state index in [1.165, 1.54) is 14.0 Å². The number of carbonyl (C=O) groups excluding carboxylic acids is 3. The highest BCUT2D eigenvalue weighted by Gasteiger charge is 2.03. The van der Waals surface area contributed by atoms with E-state index in [0.717, 1.165) is 12.2 Å². The minimum absolute atomic E-state index is 0.0869. The fraction of sp³-hybridized carbons (Fsp3) is 0.154. The lowest BCUT2D eigenvalue weighted by Crippen LogP contribution is -2.09. The van der Waals surface area contributed by atoms with Crippen LogP contribution in [-0.4, -0.2) is 24.8 Å². The van der Waals surface area contributed by atoms with Gasteiger partial charge in [0, 0.05) is 23.4 Å². The Balaban J connectivity index is 2.70. The third-order valence-electron chi connectivity index (χ3n) is 2.11. The standard InChI is InChI=1S/C13H13NO4/c1-9(15)10-4-3-5-11(8-10)14-12(16)6-7-13(17)18-2/h3-8H,1-2H3,(H,14,16)/b7-6+. The smallest absolute Gasteiger partial charge is 0.330 e. The predicted octanol–water partition coefficient (Wildman–Crippen LogP) is 1.56. The number of nitrogens with one attached hydrogen (secondary N) is 1. The summed E-state index contributed by atoms with van der Waals surface area (Å²) in [6.45, 7) is 1.44. The molecule has 1 rings (SSSR count). The van der Waals surface area contributed by atoms with Crippen molar-refractivity contribution >= 4 is 23.3 Å². The first-order chi connectivity index (χ1) is 8.52. The van der Waals surface area contributed by atoms with Crippen LogP contribution in [0.4, 0.5) is 5.69 Å². The Morgan fingerprint density at radius 2 is 1.94 bits per heavy atom. The number of methoxy groups -OCH3 is 1. The Labute approximate surface area is 104 Å². The summed E-state index contributed by atoms with van der Waals surface area (Å²) in [5.41, 5.74) is 0.993. The molecule has 0 aromatic heterocycles. The van der Waals surface area contributed by atoms with Crippen molar-refractivity contribution in [2.24, 2.45) is 0 Å². The van der Waals surface area contributed by atoms with Crippen LogP contribution in [0.5, 0.6) is 0 Å². The molecule has 0 aliphatic heterocycles. The molecule has 0 heterocycles. The van der Waals surface area contributed by atoms with Gasteiger partial charge >= 0.3 is 5.97 Å². The number of hydrogen-bond acceptors (Lipinski definition) is 4. The number of esters is 1. The number of amides is 1. The Morgan fingerprint density at radius 1 is 1.22 bits per heavy atom. The Kier molecular flexibility index (Phi) is 4.80. The maximum Gasteiger partial charge on any atom is 0.330 e. The zero-order chi connectivity index (χ0) is 13.5. The van der Waals surface area contributed by atoms with E-state index in [0.29, 0.717) is 11.3 Å². The van der Waals surface area contributed by atoms with Gasteiger partial charge in [0.1, 0.15) is 0 Å². The average molecular weight is 247 g/mol. The third kappa shape index (κ3) is 4.21. The minimum Gasteiger partial charge on any atom is -0.466 e. The van der Waals surface area contributed by atoms with Crippen molar-refractivity contribution in [1.82, 2.24) is 0 Å². The van der Waals surface area contributed by atoms with Gasteiger partial charge in [0.05, 0.1) is 7.11 Å². The third-order valence-corrected chi connectivity index (χ3v) is 2.11. The molecule has 0 fully saturated rings. The zero-order valence-corrected chi connectivity index (χ0v) is 10.1. The molecular weight excluding hydrogens is 234 g/mol. The van der Waals surface area contributed by atoms with Gasteiger partial charge in [0.2, 0.25) is 5.91 Å². The van der Waals surface area contributed by atoms with E-state index in [2.05, 4.69) is 10.1 Å². The summed E-state index contributed by atoms with van der Waals surface area (Å²) < 4.78 is 4.35. The molecule has 1 N–H and O–H groups in total. The first-order valence-electron chi connectivity index (χ1n) is 5.21. The number of carbonyl (C=O) groups is 3. The number of rotatable bonds is 4. The Bertz CT molecular complexity index is 505. The Morgan fingerprint density at radius 3 is 2.56 bits per heavy atom. The van der Waals surface area contributed by atoms with E-state index in [-0.39, 0.29) is 5.78 Å². The number of anilines is 1. The molecule has 0 spiro atoms. The second kappa shape index (κ2) is 6.34. The van der Waals surface area contributed by atoms with Crippen LogP contribution in [0.3, 0.4) is 0 Å². The molecule has 0 atom stereocenters. The molecule has 0 saturated heterocycles. The molecular formula is C13H13NO4. The van der Waals surface area contributed by atoms with Gasteiger partial charge < -0.3 is 10.1 Å². The van der Waals surface area contributed by atoms with E-state index in [9.17, 15) is 14.4 Å². The molecule has 1 aromatic rings. The summed E-state index contributed by atoms with van der Waals surface area (Å²) >= 11 is 0. The van der Waals surface area contributed by atoms with Crippen molar-refractivity contribution in [3.05, 3.63) is 42.0 Å². The van der Waals surface area contributed by atoms with Crippen LogP contribution < -0.4 is 5.32 Å². The second-order valence-electron chi connectivity index (χ2n) is 3.48. The van der Waals surface area contributed by atoms with Crippen molar-refractivity contribution in [3.63, 3.8) is 0 Å². The molecule has 0 saturated carbocycles. The summed E-state index contributed by atoms with van der Waals surface area (Å²) in [4.78, 5) is 33.4. The quantitative estimate of drug-likeness (QED) is 0.498. The number of ether oxygens (including phenoxy) is 1. The van der Waals surface area contributed by atoms with Crippen molar-refractivity contribution in [2.45, 2.75) is 6.92 Å². The van der Waals surface area contributed by atoms with Gasteiger partial charge in [-0.15, -0.1) is 0 Å². The summed E-state index contributed by atoms with van der Waals surface area (Å²) in [6.07, 6.45) is 2.08. The van der Waals surface area contributed by atoms with E-state index in [1.807, 2.05) is 0 Å². The SMILES string of the molecule is COC(=O)/C=C/C(=O)Nc1cccc(C(C)=O)c1. The van der Waals surface area contributed by atoms with Crippen molar-refractivity contribution < 1.29 is 19.1 Å². The average Bonchev–Trinajstić information content (AvgIpc) is 2.36. The molecule has 0 bridgehead atoms. The minimum atomic E-state index is -0.609. The zero-order valence-electron chi connectivity index (χ0n) is 10.1. The molecule has 1 aromatic carbocycles. The van der Waals surface area contributed by atoms with Crippen LogP contribution in [-0.2, 0) is 14.3 Å². The van der Waals surface area contributed by atoms with Crippen LogP contribution in [0, 0.1) is 0 Å². The van der Waals surface area contributed by atoms with Crippen molar-refractivity contribution in [2.75, 3.05) is 12.4 Å². The lowest BCUT2D eigenvalue weighted by molar-refractivity contribution is -0.135. The first kappa shape index (κ1) is 13.6. The molecule has 0 aliphatic carbocycles. The lowest BCUT2D eigenvalue weighted by Gasteiger charge is -2.03. The molecule has 1 amide bonds. The van der Waals surface area contributed by atoms with Gasteiger partial charge in [-0.05, 0) is 19.1 Å². The largest absolute Gasteiger partial charge is 0.466 e. The maximum atomic E-state index is 11.4. The van der Waals surface area contributed by atoms with E-state index in [4.69, 9.17) is 0 Å². The highest BCUT2D eigenvalue weighted by Crippen LogP contribution is 2.11. The number of Topliss-reactive ketones (excluding diaryl/α,β-unsaturated/α-hetero) is 1. The van der Waals surface area contributed by atoms with E-state index < -0.39 is 11.9 Å².